The van der Waals surface area contributed by atoms with Crippen LogP contribution in [0.25, 0.3) is 0 Å². The van der Waals surface area contributed by atoms with Crippen molar-refractivity contribution in [1.82, 2.24) is 9.55 Å². The Kier molecular flexibility index (Phi) is 6.58. The topological polar surface area (TPSA) is 160 Å². The molecule has 5 atom stereocenters. The summed E-state index contributed by atoms with van der Waals surface area (Å²) >= 11 is 0. The van der Waals surface area contributed by atoms with Crippen molar-refractivity contribution in [2.24, 2.45) is 0 Å². The van der Waals surface area contributed by atoms with Crippen molar-refractivity contribution in [1.29, 1.82) is 0 Å². The van der Waals surface area contributed by atoms with Crippen LogP contribution in [0.1, 0.15) is 18.7 Å². The molecule has 2 heterocycles. The number of phosphoric ester groups is 1. The Balaban J connectivity index is 1.73. The van der Waals surface area contributed by atoms with Gasteiger partial charge in [0.15, 0.2) is 6.23 Å². The van der Waals surface area contributed by atoms with Gasteiger partial charge in [0.05, 0.1) is 6.61 Å². The number of aromatic amines is 1. The Morgan fingerprint density at radius 1 is 1.23 bits per heavy atom. The van der Waals surface area contributed by atoms with Crippen LogP contribution >= 0.6 is 7.82 Å². The van der Waals surface area contributed by atoms with Gasteiger partial charge in [-0.2, -0.15) is 0 Å². The van der Waals surface area contributed by atoms with Gasteiger partial charge in [0.2, 0.25) is 0 Å². The zero-order valence-electron chi connectivity index (χ0n) is 15.7. The molecule has 11 nitrogen and oxygen atoms in total. The number of nitrogens with zero attached hydrogens (tertiary/aromatic N) is 1. The molecular weight excluding hydrogens is 419 g/mol. The maximum atomic E-state index is 12.1. The second-order valence-corrected chi connectivity index (χ2v) is 7.68. The quantitative estimate of drug-likeness (QED) is 0.351. The van der Waals surface area contributed by atoms with E-state index in [1.807, 2.05) is 4.98 Å². The van der Waals surface area contributed by atoms with Crippen LogP contribution in [0.4, 0.5) is 0 Å². The summed E-state index contributed by atoms with van der Waals surface area (Å²) < 4.78 is 28.2. The molecule has 0 bridgehead atoms. The molecule has 0 saturated carbocycles. The van der Waals surface area contributed by atoms with E-state index in [9.17, 15) is 29.3 Å². The fourth-order valence-corrected chi connectivity index (χ4v) is 3.58. The molecule has 1 aromatic carbocycles. The maximum Gasteiger partial charge on any atom is 0.527 e. The third-order valence-electron chi connectivity index (χ3n) is 4.20. The van der Waals surface area contributed by atoms with Gasteiger partial charge in [-0.05, 0) is 19.1 Å². The molecular formula is C18H19N2O9P. The first-order valence-electron chi connectivity index (χ1n) is 8.73. The Bertz CT molecular complexity index is 1120. The molecule has 0 amide bonds. The van der Waals surface area contributed by atoms with Gasteiger partial charge < -0.3 is 19.5 Å². The number of aliphatic hydroxyl groups is 2. The summed E-state index contributed by atoms with van der Waals surface area (Å²) in [5.41, 5.74) is -1.64. The van der Waals surface area contributed by atoms with Crippen molar-refractivity contribution in [3.8, 4) is 17.6 Å². The maximum absolute atomic E-state index is 12.1. The number of hydrogen-bond acceptors (Lipinski definition) is 8. The smallest absolute Gasteiger partial charge is 0.404 e. The highest BCUT2D eigenvalue weighted by Crippen LogP contribution is 2.44. The molecule has 30 heavy (non-hydrogen) atoms. The first kappa shape index (κ1) is 22.0. The number of aliphatic hydroxyl groups excluding tert-OH is 2. The van der Waals surface area contributed by atoms with Crippen molar-refractivity contribution in [2.75, 3.05) is 6.61 Å². The molecule has 3 rings (SSSR count). The average molecular weight is 438 g/mol. The van der Waals surface area contributed by atoms with Gasteiger partial charge in [-0.3, -0.25) is 23.8 Å². The molecule has 0 radical (unpaired) electrons. The summed E-state index contributed by atoms with van der Waals surface area (Å²) in [4.78, 5) is 35.7. The van der Waals surface area contributed by atoms with Gasteiger partial charge in [0, 0.05) is 6.20 Å². The van der Waals surface area contributed by atoms with Crippen molar-refractivity contribution >= 4 is 7.82 Å². The minimum absolute atomic E-state index is 0.0433. The zero-order valence-corrected chi connectivity index (χ0v) is 16.6. The molecule has 12 heteroatoms. The van der Waals surface area contributed by atoms with Crippen molar-refractivity contribution in [3.63, 3.8) is 0 Å². The summed E-state index contributed by atoms with van der Waals surface area (Å²) in [5.74, 6) is 5.12. The molecule has 0 aliphatic carbocycles. The first-order valence-corrected chi connectivity index (χ1v) is 10.2. The van der Waals surface area contributed by atoms with Crippen molar-refractivity contribution in [2.45, 2.75) is 31.5 Å². The van der Waals surface area contributed by atoms with Crippen molar-refractivity contribution < 1.29 is 33.5 Å². The number of ether oxygens (including phenoxy) is 1. The van der Waals surface area contributed by atoms with Gasteiger partial charge >= 0.3 is 13.5 Å². The second kappa shape index (κ2) is 8.97. The summed E-state index contributed by atoms with van der Waals surface area (Å²) in [5, 5.41) is 20.5. The third kappa shape index (κ3) is 4.88. The van der Waals surface area contributed by atoms with Crippen LogP contribution < -0.4 is 15.8 Å². The van der Waals surface area contributed by atoms with Gasteiger partial charge in [0.25, 0.3) is 5.56 Å². The molecule has 160 valence electrons. The van der Waals surface area contributed by atoms with Crippen LogP contribution in [0.3, 0.4) is 0 Å². The van der Waals surface area contributed by atoms with Crippen LogP contribution in [-0.4, -0.2) is 49.6 Å². The minimum atomic E-state index is -4.54. The predicted octanol–water partition coefficient (Wildman–Crippen LogP) is -0.277. The van der Waals surface area contributed by atoms with E-state index in [0.717, 1.165) is 10.8 Å². The number of nitrogens with one attached hydrogen (secondary N) is 1. The number of phosphoric acid groups is 1. The summed E-state index contributed by atoms with van der Waals surface area (Å²) in [6.07, 6.45) is -4.69. The lowest BCUT2D eigenvalue weighted by atomic mass is 10.1. The lowest BCUT2D eigenvalue weighted by Gasteiger charge is -2.18. The molecule has 1 unspecified atom stereocenters. The lowest BCUT2D eigenvalue weighted by molar-refractivity contribution is -0.0540. The number of hydrogen-bond donors (Lipinski definition) is 4. The summed E-state index contributed by atoms with van der Waals surface area (Å²) in [6.45, 7) is 0.882. The highest BCUT2D eigenvalue weighted by atomic mass is 31.2. The zero-order chi connectivity index (χ0) is 21.9. The van der Waals surface area contributed by atoms with Gasteiger partial charge in [-0.25, -0.2) is 9.36 Å². The first-order chi connectivity index (χ1) is 14.2. The van der Waals surface area contributed by atoms with E-state index < -0.39 is 50.2 Å². The van der Waals surface area contributed by atoms with Gasteiger partial charge in [-0.1, -0.05) is 24.1 Å². The molecule has 0 spiro atoms. The Hall–Kier alpha value is -2.71. The number of benzene rings is 1. The van der Waals surface area contributed by atoms with E-state index in [1.165, 1.54) is 19.1 Å². The van der Waals surface area contributed by atoms with Gasteiger partial charge in [0.1, 0.15) is 29.6 Å². The highest BCUT2D eigenvalue weighted by molar-refractivity contribution is 7.47. The number of rotatable bonds is 6. The fraction of sp³-hybridized carbons (Fsp3) is 0.333. The van der Waals surface area contributed by atoms with Crippen LogP contribution in [0, 0.1) is 11.8 Å². The molecule has 1 aromatic heterocycles. The van der Waals surface area contributed by atoms with Crippen LogP contribution in [0.5, 0.6) is 5.75 Å². The van der Waals surface area contributed by atoms with E-state index in [2.05, 4.69) is 11.8 Å². The normalized spacial score (nSPS) is 25.2. The third-order valence-corrected chi connectivity index (χ3v) is 5.12. The molecule has 1 fully saturated rings. The molecule has 1 aliphatic heterocycles. The van der Waals surface area contributed by atoms with Crippen LogP contribution in [0.15, 0.2) is 46.1 Å². The Labute approximate surface area is 170 Å². The number of H-pyrrole nitrogens is 1. The average Bonchev–Trinajstić information content (AvgIpc) is 2.97. The van der Waals surface area contributed by atoms with Crippen LogP contribution in [-0.2, 0) is 13.8 Å². The lowest BCUT2D eigenvalue weighted by Crippen LogP contribution is -2.38. The second-order valence-electron chi connectivity index (χ2n) is 6.30. The molecule has 2 aromatic rings. The monoisotopic (exact) mass is 438 g/mol. The van der Waals surface area contributed by atoms with Gasteiger partial charge in [-0.15, -0.1) is 5.92 Å². The van der Waals surface area contributed by atoms with E-state index >= 15 is 0 Å². The standard InChI is InChI=1S/C18H19N2O9P/c1-2-6-11-9-20(18(24)19-16(11)23)17-15(22)14(21)13(28-17)10-27-30(25,26)29-12-7-4-3-5-8-12/h3-5,7-9,13-15,17,21-22H,10H2,1H3,(H,25,26)(H,19,23,24)/t13-,14-,15+,17-/m1/s1. The fourth-order valence-electron chi connectivity index (χ4n) is 2.80. The van der Waals surface area contributed by atoms with E-state index in [4.69, 9.17) is 13.8 Å². The molecule has 4 N–H and O–H groups in total. The largest absolute Gasteiger partial charge is 0.527 e. The van der Waals surface area contributed by atoms with E-state index in [1.54, 1.807) is 18.2 Å². The van der Waals surface area contributed by atoms with E-state index in [0.29, 0.717) is 0 Å². The minimum Gasteiger partial charge on any atom is -0.404 e. The number of para-hydroxylation sites is 1. The summed E-state index contributed by atoms with van der Waals surface area (Å²) in [6, 6.07) is 7.79. The Morgan fingerprint density at radius 3 is 2.60 bits per heavy atom. The van der Waals surface area contributed by atoms with Crippen molar-refractivity contribution in [3.05, 3.63) is 62.9 Å². The Morgan fingerprint density at radius 2 is 1.93 bits per heavy atom. The van der Waals surface area contributed by atoms with E-state index in [-0.39, 0.29) is 11.3 Å². The highest BCUT2D eigenvalue weighted by Gasteiger charge is 2.45. The molecule has 1 saturated heterocycles. The molecule has 1 aliphatic rings. The van der Waals surface area contributed by atoms with Crippen LogP contribution in [0.2, 0.25) is 0 Å². The predicted molar refractivity (Wildman–Crippen MR) is 103 cm³/mol. The number of aromatic nitrogens is 2. The summed E-state index contributed by atoms with van der Waals surface area (Å²) in [7, 11) is -4.54. The SMILES string of the molecule is CC#Cc1cn([C@@H]2O[C@H](COP(=O)(O)Oc3ccccc3)[C@@H](O)[C@@H]2O)c(=O)[nH]c1=O.